The second kappa shape index (κ2) is 10.7. The third-order valence-electron chi connectivity index (χ3n) is 6.27. The molecule has 0 amide bonds. The summed E-state index contributed by atoms with van der Waals surface area (Å²) in [5.74, 6) is 0. The van der Waals surface area contributed by atoms with Crippen molar-refractivity contribution in [2.45, 2.75) is 32.1 Å². The van der Waals surface area contributed by atoms with Crippen LogP contribution >= 0.6 is 0 Å². The van der Waals surface area contributed by atoms with E-state index in [-0.39, 0.29) is 0 Å². The van der Waals surface area contributed by atoms with Crippen LogP contribution in [0.3, 0.4) is 0 Å². The second-order valence-electron chi connectivity index (χ2n) is 8.78. The van der Waals surface area contributed by atoms with E-state index in [1.807, 2.05) is 119 Å². The number of ether oxygens (including phenoxy) is 2. The zero-order valence-electron chi connectivity index (χ0n) is 20.2. The smallest absolute Gasteiger partial charge is 0.157 e. The molecule has 0 spiro atoms. The summed E-state index contributed by atoms with van der Waals surface area (Å²) in [5.41, 5.74) is 5.55. The number of aromatic nitrogens is 6. The second-order valence-corrected chi connectivity index (χ2v) is 8.78. The van der Waals surface area contributed by atoms with Crippen molar-refractivity contribution in [3.05, 3.63) is 120 Å². The summed E-state index contributed by atoms with van der Waals surface area (Å²) >= 11 is 0. The molecule has 0 saturated heterocycles. The van der Waals surface area contributed by atoms with Crippen LogP contribution in [0.4, 0.5) is 0 Å². The Hall–Kier alpha value is -4.40. The van der Waals surface area contributed by atoms with Gasteiger partial charge < -0.3 is 9.47 Å². The molecular weight excluding hydrogens is 464 g/mol. The van der Waals surface area contributed by atoms with E-state index in [1.165, 1.54) is 0 Å². The Bertz CT molecular complexity index is 1460. The highest BCUT2D eigenvalue weighted by Gasteiger charge is 2.26. The molecular formula is C29H26N6O2. The number of hydrogen-bond donors (Lipinski definition) is 0. The van der Waals surface area contributed by atoms with Gasteiger partial charge in [-0.05, 0) is 35.4 Å². The van der Waals surface area contributed by atoms with Gasteiger partial charge in [0.05, 0.1) is 24.2 Å². The highest BCUT2D eigenvalue weighted by atomic mass is 16.5. The molecule has 6 rings (SSSR count). The van der Waals surface area contributed by atoms with E-state index in [4.69, 9.17) is 9.47 Å². The van der Waals surface area contributed by atoms with Crippen molar-refractivity contribution in [1.82, 2.24) is 30.0 Å². The molecule has 0 saturated carbocycles. The van der Waals surface area contributed by atoms with Crippen LogP contribution in [0.25, 0.3) is 22.1 Å². The number of hydrogen-bond acceptors (Lipinski definition) is 6. The standard InChI is InChI=1S/C29H26N6O2/c1-3-11-22(12-4-1)20-36-28(34-26-17-9-7-15-24(26)30-32-34)19-29(37-21-23-13-5-2-6-14-23)35-27-18-10-8-16-25(27)31-33-35/h1-18,28-29H,19-21H2. The highest BCUT2D eigenvalue weighted by Crippen LogP contribution is 2.30. The van der Waals surface area contributed by atoms with Gasteiger partial charge in [0.25, 0.3) is 0 Å². The summed E-state index contributed by atoms with van der Waals surface area (Å²) in [4.78, 5) is 0. The summed E-state index contributed by atoms with van der Waals surface area (Å²) in [6.45, 7) is 0.840. The van der Waals surface area contributed by atoms with Crippen molar-refractivity contribution >= 4 is 22.1 Å². The Labute approximate surface area is 214 Å². The van der Waals surface area contributed by atoms with E-state index in [0.29, 0.717) is 19.6 Å². The average molecular weight is 491 g/mol. The monoisotopic (exact) mass is 490 g/mol. The Kier molecular flexibility index (Phi) is 6.66. The number of benzene rings is 4. The highest BCUT2D eigenvalue weighted by molar-refractivity contribution is 5.74. The Morgan fingerprint density at radius 1 is 0.514 bits per heavy atom. The predicted molar refractivity (Wildman–Crippen MR) is 140 cm³/mol. The number of nitrogens with zero attached hydrogens (tertiary/aromatic N) is 6. The zero-order chi connectivity index (χ0) is 24.9. The van der Waals surface area contributed by atoms with E-state index in [0.717, 1.165) is 33.2 Å². The molecule has 0 aliphatic heterocycles. The largest absolute Gasteiger partial charge is 0.352 e. The molecule has 0 aliphatic carbocycles. The molecule has 0 bridgehead atoms. The molecule has 4 aromatic carbocycles. The minimum Gasteiger partial charge on any atom is -0.352 e. The Morgan fingerprint density at radius 3 is 1.38 bits per heavy atom. The summed E-state index contributed by atoms with van der Waals surface area (Å²) in [7, 11) is 0. The predicted octanol–water partition coefficient (Wildman–Crippen LogP) is 5.70. The normalized spacial score (nSPS) is 13.2. The maximum Gasteiger partial charge on any atom is 0.157 e. The first kappa shape index (κ1) is 23.0. The third kappa shape index (κ3) is 5.11. The van der Waals surface area contributed by atoms with Crippen LogP contribution in [0.1, 0.15) is 30.0 Å². The van der Waals surface area contributed by atoms with E-state index in [2.05, 4.69) is 20.6 Å². The van der Waals surface area contributed by atoms with Gasteiger partial charge in [-0.15, -0.1) is 10.2 Å². The summed E-state index contributed by atoms with van der Waals surface area (Å²) in [6, 6.07) is 35.9. The van der Waals surface area contributed by atoms with Gasteiger partial charge in [0.1, 0.15) is 11.0 Å². The molecule has 0 fully saturated rings. The fourth-order valence-corrected chi connectivity index (χ4v) is 4.38. The van der Waals surface area contributed by atoms with Gasteiger partial charge in [-0.3, -0.25) is 0 Å². The first-order valence-electron chi connectivity index (χ1n) is 12.3. The third-order valence-corrected chi connectivity index (χ3v) is 6.27. The van der Waals surface area contributed by atoms with Crippen molar-refractivity contribution in [2.75, 3.05) is 0 Å². The maximum absolute atomic E-state index is 6.49. The molecule has 6 aromatic rings. The van der Waals surface area contributed by atoms with Gasteiger partial charge in [0.15, 0.2) is 12.5 Å². The summed E-state index contributed by atoms with van der Waals surface area (Å²) in [5, 5.41) is 17.7. The van der Waals surface area contributed by atoms with E-state index < -0.39 is 12.5 Å². The van der Waals surface area contributed by atoms with Crippen molar-refractivity contribution in [1.29, 1.82) is 0 Å². The lowest BCUT2D eigenvalue weighted by Gasteiger charge is -2.25. The fourth-order valence-electron chi connectivity index (χ4n) is 4.38. The van der Waals surface area contributed by atoms with E-state index >= 15 is 0 Å². The van der Waals surface area contributed by atoms with Crippen LogP contribution in [0, 0.1) is 0 Å². The minimum absolute atomic E-state index is 0.420. The van der Waals surface area contributed by atoms with Crippen molar-refractivity contribution in [3.63, 3.8) is 0 Å². The van der Waals surface area contributed by atoms with Crippen LogP contribution in [-0.4, -0.2) is 30.0 Å². The quantitative estimate of drug-likeness (QED) is 0.245. The van der Waals surface area contributed by atoms with Crippen molar-refractivity contribution < 1.29 is 9.47 Å². The van der Waals surface area contributed by atoms with Gasteiger partial charge in [0.2, 0.25) is 0 Å². The van der Waals surface area contributed by atoms with Crippen LogP contribution in [0.15, 0.2) is 109 Å². The molecule has 8 nitrogen and oxygen atoms in total. The lowest BCUT2D eigenvalue weighted by Crippen LogP contribution is -2.23. The Morgan fingerprint density at radius 2 is 0.919 bits per heavy atom. The van der Waals surface area contributed by atoms with Gasteiger partial charge in [0, 0.05) is 6.42 Å². The molecule has 2 atom stereocenters. The minimum atomic E-state index is -0.462. The van der Waals surface area contributed by atoms with Crippen LogP contribution in [-0.2, 0) is 22.7 Å². The van der Waals surface area contributed by atoms with Gasteiger partial charge in [-0.25, -0.2) is 9.36 Å². The van der Waals surface area contributed by atoms with Crippen LogP contribution in [0.5, 0.6) is 0 Å². The Balaban J connectivity index is 1.35. The molecule has 2 unspecified atom stereocenters. The average Bonchev–Trinajstić information content (AvgIpc) is 3.59. The van der Waals surface area contributed by atoms with Crippen LogP contribution < -0.4 is 0 Å². The molecule has 37 heavy (non-hydrogen) atoms. The molecule has 2 aromatic heterocycles. The van der Waals surface area contributed by atoms with Gasteiger partial charge in [-0.2, -0.15) is 0 Å². The van der Waals surface area contributed by atoms with Gasteiger partial charge >= 0.3 is 0 Å². The van der Waals surface area contributed by atoms with Gasteiger partial charge in [-0.1, -0.05) is 95.4 Å². The fraction of sp³-hybridized carbons (Fsp3) is 0.172. The van der Waals surface area contributed by atoms with Crippen molar-refractivity contribution in [2.24, 2.45) is 0 Å². The molecule has 0 aliphatic rings. The summed E-state index contributed by atoms with van der Waals surface area (Å²) in [6.07, 6.45) is -0.479. The molecule has 0 N–H and O–H groups in total. The number of rotatable bonds is 10. The molecule has 184 valence electrons. The number of para-hydroxylation sites is 2. The first-order chi connectivity index (χ1) is 18.3. The molecule has 0 radical (unpaired) electrons. The number of fused-ring (bicyclic) bond motifs is 2. The molecule has 8 heteroatoms. The lowest BCUT2D eigenvalue weighted by molar-refractivity contribution is -0.0935. The zero-order valence-corrected chi connectivity index (χ0v) is 20.2. The summed E-state index contributed by atoms with van der Waals surface area (Å²) < 4.78 is 16.6. The van der Waals surface area contributed by atoms with Crippen molar-refractivity contribution in [3.8, 4) is 0 Å². The topological polar surface area (TPSA) is 79.9 Å². The molecule has 2 heterocycles. The van der Waals surface area contributed by atoms with E-state index in [1.54, 1.807) is 0 Å². The van der Waals surface area contributed by atoms with E-state index in [9.17, 15) is 0 Å². The van der Waals surface area contributed by atoms with Crippen LogP contribution in [0.2, 0.25) is 0 Å². The maximum atomic E-state index is 6.49. The lowest BCUT2D eigenvalue weighted by atomic mass is 10.2. The SMILES string of the molecule is c1ccc(COC(CC(OCc2ccccc2)n2nnc3ccccc32)n2nnc3ccccc32)cc1. The first-order valence-corrected chi connectivity index (χ1v) is 12.3.